The summed E-state index contributed by atoms with van der Waals surface area (Å²) in [6, 6.07) is 7.56. The van der Waals surface area contributed by atoms with Gasteiger partial charge in [-0.25, -0.2) is 0 Å². The van der Waals surface area contributed by atoms with E-state index in [1.54, 1.807) is 6.92 Å². The number of hydrogen-bond acceptors (Lipinski definition) is 3. The summed E-state index contributed by atoms with van der Waals surface area (Å²) in [6.07, 6.45) is 1.85. The second-order valence-electron chi connectivity index (χ2n) is 3.53. The van der Waals surface area contributed by atoms with Crippen molar-refractivity contribution in [3.63, 3.8) is 0 Å². The van der Waals surface area contributed by atoms with Gasteiger partial charge in [0.05, 0.1) is 12.1 Å². The molecule has 2 aromatic rings. The number of esters is 1. The molecule has 84 valence electrons. The molecule has 0 radical (unpaired) electrons. The summed E-state index contributed by atoms with van der Waals surface area (Å²) in [7, 11) is 0. The fourth-order valence-corrected chi connectivity index (χ4v) is 1.73. The van der Waals surface area contributed by atoms with E-state index in [0.717, 1.165) is 16.6 Å². The first kappa shape index (κ1) is 10.5. The third-order valence-electron chi connectivity index (χ3n) is 2.45. The summed E-state index contributed by atoms with van der Waals surface area (Å²) < 4.78 is 6.74. The highest BCUT2D eigenvalue weighted by Gasteiger charge is 2.07. The molecule has 1 aromatic carbocycles. The first-order valence-electron chi connectivity index (χ1n) is 5.21. The molecule has 1 heterocycles. The molecule has 0 aliphatic rings. The maximum absolute atomic E-state index is 11.4. The molecule has 0 aliphatic carbocycles. The minimum atomic E-state index is -0.234. The number of ether oxygens (including phenoxy) is 1. The monoisotopic (exact) mass is 218 g/mol. The number of nitrogens with two attached hydrogens (primary N) is 1. The van der Waals surface area contributed by atoms with E-state index >= 15 is 0 Å². The molecule has 2 N–H and O–H groups in total. The number of nitrogen functional groups attached to an aromatic ring is 1. The van der Waals surface area contributed by atoms with Gasteiger partial charge < -0.3 is 15.0 Å². The van der Waals surface area contributed by atoms with Gasteiger partial charge in [0.2, 0.25) is 0 Å². The Kier molecular flexibility index (Phi) is 2.81. The number of nitrogens with zero attached hydrogens (tertiary/aromatic N) is 1. The van der Waals surface area contributed by atoms with Crippen LogP contribution in [0.3, 0.4) is 0 Å². The van der Waals surface area contributed by atoms with Crippen molar-refractivity contribution in [3.05, 3.63) is 30.5 Å². The number of benzene rings is 1. The van der Waals surface area contributed by atoms with Gasteiger partial charge in [0.1, 0.15) is 6.54 Å². The van der Waals surface area contributed by atoms with Gasteiger partial charge in [0.25, 0.3) is 0 Å². The molecule has 2 rings (SSSR count). The van der Waals surface area contributed by atoms with E-state index in [1.807, 2.05) is 35.0 Å². The Morgan fingerprint density at radius 2 is 2.25 bits per heavy atom. The Hall–Kier alpha value is -1.97. The third-order valence-corrected chi connectivity index (χ3v) is 2.45. The van der Waals surface area contributed by atoms with Crippen molar-refractivity contribution in [2.45, 2.75) is 13.5 Å². The van der Waals surface area contributed by atoms with E-state index < -0.39 is 0 Å². The van der Waals surface area contributed by atoms with Gasteiger partial charge in [0, 0.05) is 17.3 Å². The van der Waals surface area contributed by atoms with Gasteiger partial charge >= 0.3 is 5.97 Å². The molecule has 0 spiro atoms. The number of carbonyl (C=O) groups excluding carboxylic acids is 1. The van der Waals surface area contributed by atoms with Crippen LogP contribution in [-0.4, -0.2) is 17.1 Å². The second kappa shape index (κ2) is 4.26. The van der Waals surface area contributed by atoms with Crippen LogP contribution in [0.15, 0.2) is 30.5 Å². The van der Waals surface area contributed by atoms with Crippen LogP contribution < -0.4 is 5.73 Å². The zero-order valence-corrected chi connectivity index (χ0v) is 9.14. The normalized spacial score (nSPS) is 10.6. The molecule has 16 heavy (non-hydrogen) atoms. The van der Waals surface area contributed by atoms with E-state index in [0.29, 0.717) is 6.61 Å². The maximum Gasteiger partial charge on any atom is 0.325 e. The average molecular weight is 218 g/mol. The summed E-state index contributed by atoms with van der Waals surface area (Å²) in [6.45, 7) is 2.42. The van der Waals surface area contributed by atoms with Gasteiger partial charge in [-0.2, -0.15) is 0 Å². The molecule has 0 saturated heterocycles. The van der Waals surface area contributed by atoms with Gasteiger partial charge in [-0.15, -0.1) is 0 Å². The van der Waals surface area contributed by atoms with Crippen LogP contribution in [0.25, 0.3) is 10.9 Å². The molecule has 4 heteroatoms. The summed E-state index contributed by atoms with van der Waals surface area (Å²) in [5, 5.41) is 0.965. The lowest BCUT2D eigenvalue weighted by atomic mass is 10.2. The maximum atomic E-state index is 11.4. The fraction of sp³-hybridized carbons (Fsp3) is 0.250. The van der Waals surface area contributed by atoms with E-state index in [1.165, 1.54) is 0 Å². The number of carbonyl (C=O) groups is 1. The van der Waals surface area contributed by atoms with Gasteiger partial charge in [-0.3, -0.25) is 4.79 Å². The highest BCUT2D eigenvalue weighted by Crippen LogP contribution is 2.21. The molecule has 0 aliphatic heterocycles. The molecular weight excluding hydrogens is 204 g/mol. The Morgan fingerprint density at radius 3 is 3.00 bits per heavy atom. The lowest BCUT2D eigenvalue weighted by molar-refractivity contribution is -0.143. The van der Waals surface area contributed by atoms with Crippen molar-refractivity contribution in [2.75, 3.05) is 12.3 Å². The van der Waals surface area contributed by atoms with Crippen molar-refractivity contribution in [2.24, 2.45) is 0 Å². The van der Waals surface area contributed by atoms with E-state index in [4.69, 9.17) is 10.5 Å². The SMILES string of the molecule is CCOC(=O)Cn1ccc2c(N)cccc21. The standard InChI is InChI=1S/C12H14N2O2/c1-2-16-12(15)8-14-7-6-9-10(13)4-3-5-11(9)14/h3-7H,2,8,13H2,1H3. The zero-order valence-electron chi connectivity index (χ0n) is 9.14. The van der Waals surface area contributed by atoms with Crippen molar-refractivity contribution in [3.8, 4) is 0 Å². The topological polar surface area (TPSA) is 57.2 Å². The van der Waals surface area contributed by atoms with Crippen molar-refractivity contribution in [1.82, 2.24) is 4.57 Å². The number of rotatable bonds is 3. The quantitative estimate of drug-likeness (QED) is 0.631. The molecule has 0 bridgehead atoms. The van der Waals surface area contributed by atoms with Gasteiger partial charge in [-0.05, 0) is 25.1 Å². The molecular formula is C12H14N2O2. The lowest BCUT2D eigenvalue weighted by Crippen LogP contribution is -2.12. The number of fused-ring (bicyclic) bond motifs is 1. The van der Waals surface area contributed by atoms with Crippen LogP contribution in [0.2, 0.25) is 0 Å². The fourth-order valence-electron chi connectivity index (χ4n) is 1.73. The van der Waals surface area contributed by atoms with Crippen LogP contribution in [-0.2, 0) is 16.1 Å². The molecule has 0 fully saturated rings. The minimum Gasteiger partial charge on any atom is -0.465 e. The molecule has 4 nitrogen and oxygen atoms in total. The molecule has 0 unspecified atom stereocenters. The van der Waals surface area contributed by atoms with Crippen molar-refractivity contribution >= 4 is 22.6 Å². The minimum absolute atomic E-state index is 0.223. The third kappa shape index (κ3) is 1.86. The largest absolute Gasteiger partial charge is 0.465 e. The van der Waals surface area contributed by atoms with Crippen LogP contribution in [0, 0.1) is 0 Å². The Bertz CT molecular complexity index is 517. The average Bonchev–Trinajstić information content (AvgIpc) is 2.64. The second-order valence-corrected chi connectivity index (χ2v) is 3.53. The Morgan fingerprint density at radius 1 is 1.44 bits per heavy atom. The number of hydrogen-bond donors (Lipinski definition) is 1. The van der Waals surface area contributed by atoms with E-state index in [2.05, 4.69) is 0 Å². The van der Waals surface area contributed by atoms with E-state index in [9.17, 15) is 4.79 Å². The summed E-state index contributed by atoms with van der Waals surface area (Å²) >= 11 is 0. The molecule has 0 atom stereocenters. The van der Waals surface area contributed by atoms with Crippen LogP contribution >= 0.6 is 0 Å². The first-order chi connectivity index (χ1) is 7.72. The predicted octanol–water partition coefficient (Wildman–Crippen LogP) is 1.79. The molecule has 0 amide bonds. The predicted molar refractivity (Wildman–Crippen MR) is 63.0 cm³/mol. The summed E-state index contributed by atoms with van der Waals surface area (Å²) in [4.78, 5) is 11.4. The summed E-state index contributed by atoms with van der Waals surface area (Å²) in [5.41, 5.74) is 7.50. The Balaban J connectivity index is 2.32. The van der Waals surface area contributed by atoms with Crippen LogP contribution in [0.1, 0.15) is 6.92 Å². The zero-order chi connectivity index (χ0) is 11.5. The van der Waals surface area contributed by atoms with Crippen LogP contribution in [0.5, 0.6) is 0 Å². The first-order valence-corrected chi connectivity index (χ1v) is 5.21. The molecule has 0 saturated carbocycles. The number of aromatic nitrogens is 1. The Labute approximate surface area is 93.6 Å². The van der Waals surface area contributed by atoms with Gasteiger partial charge in [-0.1, -0.05) is 6.07 Å². The molecule has 1 aromatic heterocycles. The highest BCUT2D eigenvalue weighted by atomic mass is 16.5. The van der Waals surface area contributed by atoms with E-state index in [-0.39, 0.29) is 12.5 Å². The van der Waals surface area contributed by atoms with Crippen LogP contribution in [0.4, 0.5) is 5.69 Å². The lowest BCUT2D eigenvalue weighted by Gasteiger charge is -2.05. The summed E-state index contributed by atoms with van der Waals surface area (Å²) in [5.74, 6) is -0.234. The number of anilines is 1. The van der Waals surface area contributed by atoms with Crippen molar-refractivity contribution < 1.29 is 9.53 Å². The highest BCUT2D eigenvalue weighted by molar-refractivity contribution is 5.91. The smallest absolute Gasteiger partial charge is 0.325 e. The van der Waals surface area contributed by atoms with Crippen molar-refractivity contribution in [1.29, 1.82) is 0 Å². The van der Waals surface area contributed by atoms with Gasteiger partial charge in [0.15, 0.2) is 0 Å².